The lowest BCUT2D eigenvalue weighted by molar-refractivity contribution is 0.403. The van der Waals surface area contributed by atoms with Crippen LogP contribution in [-0.2, 0) is 6.54 Å². The Labute approximate surface area is 131 Å². The van der Waals surface area contributed by atoms with Crippen LogP contribution >= 0.6 is 22.6 Å². The minimum Gasteiger partial charge on any atom is -0.497 e. The number of ether oxygens (including phenoxy) is 1. The lowest BCUT2D eigenvalue weighted by Gasteiger charge is -2.20. The zero-order valence-electron chi connectivity index (χ0n) is 11.2. The van der Waals surface area contributed by atoms with Gasteiger partial charge in [0.15, 0.2) is 0 Å². The van der Waals surface area contributed by atoms with E-state index in [0.29, 0.717) is 6.67 Å². The molecular formula is C16H15IN2O. The zero-order chi connectivity index (χ0) is 13.9. The fraction of sp³-hybridized carbons (Fsp3) is 0.188. The highest BCUT2D eigenvalue weighted by Crippen LogP contribution is 2.13. The van der Waals surface area contributed by atoms with Crippen LogP contribution in [0.15, 0.2) is 47.5 Å². The number of methoxy groups -OCH3 is 1. The second-order valence-corrected chi connectivity index (χ2v) is 5.97. The van der Waals surface area contributed by atoms with Crippen LogP contribution in [0.1, 0.15) is 5.56 Å². The maximum absolute atomic E-state index is 5.18. The summed E-state index contributed by atoms with van der Waals surface area (Å²) in [5.74, 6) is 0.890. The van der Waals surface area contributed by atoms with Crippen LogP contribution in [0.5, 0.6) is 5.75 Å². The molecule has 0 saturated heterocycles. The Morgan fingerprint density at radius 1 is 1.20 bits per heavy atom. The number of fused-ring (bicyclic) bond motifs is 1. The average molecular weight is 378 g/mol. The van der Waals surface area contributed by atoms with E-state index in [4.69, 9.17) is 4.74 Å². The van der Waals surface area contributed by atoms with Crippen LogP contribution in [0.2, 0.25) is 0 Å². The smallest absolute Gasteiger partial charge is 0.118 e. The Balaban J connectivity index is 1.82. The maximum Gasteiger partial charge on any atom is 0.118 e. The van der Waals surface area contributed by atoms with E-state index in [2.05, 4.69) is 69.0 Å². The summed E-state index contributed by atoms with van der Waals surface area (Å²) in [5.41, 5.74) is 1.26. The number of benzene rings is 2. The van der Waals surface area contributed by atoms with E-state index in [1.54, 1.807) is 7.11 Å². The van der Waals surface area contributed by atoms with Gasteiger partial charge in [-0.1, -0.05) is 12.1 Å². The Hall–Kier alpha value is -1.56. The van der Waals surface area contributed by atoms with Crippen molar-refractivity contribution < 1.29 is 4.74 Å². The Morgan fingerprint density at radius 2 is 2.00 bits per heavy atom. The van der Waals surface area contributed by atoms with Gasteiger partial charge in [-0.2, -0.15) is 0 Å². The average Bonchev–Trinajstić information content (AvgIpc) is 2.47. The van der Waals surface area contributed by atoms with Crippen LogP contribution in [0.25, 0.3) is 6.20 Å². The molecule has 0 aromatic heterocycles. The maximum atomic E-state index is 5.18. The monoisotopic (exact) mass is 378 g/mol. The van der Waals surface area contributed by atoms with Gasteiger partial charge in [0.2, 0.25) is 0 Å². The van der Waals surface area contributed by atoms with Gasteiger partial charge >= 0.3 is 0 Å². The standard InChI is InChI=1S/C16H15IN2O/c1-20-15-5-2-12(3-6-15)9-19-10-13-8-14(17)4-7-16(13)18-11-19/h2-8,10H,9,11H2,1H3. The predicted octanol–water partition coefficient (Wildman–Crippen LogP) is 2.13. The van der Waals surface area contributed by atoms with Crippen molar-refractivity contribution in [2.75, 3.05) is 13.8 Å². The minimum atomic E-state index is 0.708. The summed E-state index contributed by atoms with van der Waals surface area (Å²) in [4.78, 5) is 6.83. The van der Waals surface area contributed by atoms with Gasteiger partial charge in [0.25, 0.3) is 0 Å². The Bertz CT molecular complexity index is 725. The number of nitrogens with zero attached hydrogens (tertiary/aromatic N) is 2. The van der Waals surface area contributed by atoms with Crippen LogP contribution in [0.4, 0.5) is 0 Å². The topological polar surface area (TPSA) is 24.8 Å². The first-order valence-corrected chi connectivity index (χ1v) is 7.51. The van der Waals surface area contributed by atoms with Gasteiger partial charge < -0.3 is 9.64 Å². The third kappa shape index (κ3) is 2.95. The van der Waals surface area contributed by atoms with Gasteiger partial charge in [-0.3, -0.25) is 4.99 Å². The largest absolute Gasteiger partial charge is 0.497 e. The molecule has 2 aromatic rings. The van der Waals surface area contributed by atoms with Crippen LogP contribution in [0, 0.1) is 3.57 Å². The molecule has 0 N–H and O–H groups in total. The molecule has 0 radical (unpaired) electrons. The summed E-state index contributed by atoms with van der Waals surface area (Å²) in [5, 5.41) is 2.27. The number of hydrogen-bond acceptors (Lipinski definition) is 3. The summed E-state index contributed by atoms with van der Waals surface area (Å²) in [7, 11) is 1.69. The van der Waals surface area contributed by atoms with Crippen molar-refractivity contribution in [3.05, 3.63) is 62.2 Å². The summed E-state index contributed by atoms with van der Waals surface area (Å²) in [6, 6.07) is 14.5. The fourth-order valence-electron chi connectivity index (χ4n) is 2.24. The highest BCUT2D eigenvalue weighted by molar-refractivity contribution is 14.1. The Kier molecular flexibility index (Phi) is 3.91. The molecule has 0 saturated carbocycles. The molecular weight excluding hydrogens is 363 g/mol. The first kappa shape index (κ1) is 13.4. The Morgan fingerprint density at radius 3 is 2.75 bits per heavy atom. The molecule has 0 atom stereocenters. The van der Waals surface area contributed by atoms with E-state index < -0.39 is 0 Å². The van der Waals surface area contributed by atoms with Crippen LogP contribution in [-0.4, -0.2) is 18.7 Å². The van der Waals surface area contributed by atoms with Crippen molar-refractivity contribution in [3.63, 3.8) is 0 Å². The molecule has 20 heavy (non-hydrogen) atoms. The van der Waals surface area contributed by atoms with Gasteiger partial charge in [-0.05, 0) is 58.5 Å². The van der Waals surface area contributed by atoms with Gasteiger partial charge in [0, 0.05) is 21.5 Å². The van der Waals surface area contributed by atoms with Crippen molar-refractivity contribution in [1.29, 1.82) is 0 Å². The molecule has 0 spiro atoms. The zero-order valence-corrected chi connectivity index (χ0v) is 13.4. The molecule has 0 amide bonds. The predicted molar refractivity (Wildman–Crippen MR) is 87.8 cm³/mol. The SMILES string of the molecule is COc1ccc(CN2C=c3cc(I)ccc3=NC2)cc1. The molecule has 4 heteroatoms. The quantitative estimate of drug-likeness (QED) is 0.765. The molecule has 3 nitrogen and oxygen atoms in total. The van der Waals surface area contributed by atoms with Gasteiger partial charge in [0.1, 0.15) is 12.4 Å². The molecule has 3 rings (SSSR count). The molecule has 0 fully saturated rings. The van der Waals surface area contributed by atoms with Crippen LogP contribution < -0.4 is 15.3 Å². The van der Waals surface area contributed by atoms with Crippen molar-refractivity contribution in [3.8, 4) is 5.75 Å². The summed E-state index contributed by atoms with van der Waals surface area (Å²) >= 11 is 2.33. The van der Waals surface area contributed by atoms with Crippen molar-refractivity contribution in [2.45, 2.75) is 6.54 Å². The molecule has 0 unspecified atom stereocenters. The molecule has 0 bridgehead atoms. The lowest BCUT2D eigenvalue weighted by Crippen LogP contribution is -2.35. The molecule has 2 aromatic carbocycles. The molecule has 1 aliphatic heterocycles. The van der Waals surface area contributed by atoms with E-state index >= 15 is 0 Å². The third-order valence-electron chi connectivity index (χ3n) is 3.28. The number of halogens is 1. The second-order valence-electron chi connectivity index (χ2n) is 4.73. The molecule has 102 valence electrons. The van der Waals surface area contributed by atoms with E-state index in [9.17, 15) is 0 Å². The molecule has 0 aliphatic carbocycles. The second kappa shape index (κ2) is 5.83. The summed E-state index contributed by atoms with van der Waals surface area (Å²) in [6.45, 7) is 1.57. The van der Waals surface area contributed by atoms with Crippen molar-refractivity contribution in [1.82, 2.24) is 4.90 Å². The van der Waals surface area contributed by atoms with Gasteiger partial charge in [-0.15, -0.1) is 0 Å². The van der Waals surface area contributed by atoms with E-state index in [0.717, 1.165) is 17.7 Å². The van der Waals surface area contributed by atoms with E-state index in [1.807, 2.05) is 12.1 Å². The van der Waals surface area contributed by atoms with Crippen molar-refractivity contribution >= 4 is 28.8 Å². The third-order valence-corrected chi connectivity index (χ3v) is 3.95. The van der Waals surface area contributed by atoms with Crippen molar-refractivity contribution in [2.24, 2.45) is 4.99 Å². The van der Waals surface area contributed by atoms with E-state index in [-0.39, 0.29) is 0 Å². The highest BCUT2D eigenvalue weighted by atomic mass is 127. The summed E-state index contributed by atoms with van der Waals surface area (Å²) in [6.07, 6.45) is 2.19. The van der Waals surface area contributed by atoms with Gasteiger partial charge in [-0.25, -0.2) is 0 Å². The van der Waals surface area contributed by atoms with Crippen LogP contribution in [0.3, 0.4) is 0 Å². The number of hydrogen-bond donors (Lipinski definition) is 0. The summed E-state index contributed by atoms with van der Waals surface area (Å²) < 4.78 is 6.41. The van der Waals surface area contributed by atoms with E-state index in [1.165, 1.54) is 14.4 Å². The van der Waals surface area contributed by atoms with Gasteiger partial charge in [0.05, 0.1) is 12.5 Å². The first-order chi connectivity index (χ1) is 9.74. The fourth-order valence-corrected chi connectivity index (χ4v) is 2.75. The minimum absolute atomic E-state index is 0.708. The normalized spacial score (nSPS) is 13.2. The number of rotatable bonds is 3. The molecule has 1 aliphatic rings. The lowest BCUT2D eigenvalue weighted by atomic mass is 10.2. The highest BCUT2D eigenvalue weighted by Gasteiger charge is 2.05. The molecule has 1 heterocycles. The first-order valence-electron chi connectivity index (χ1n) is 6.43.